The molecule has 0 spiro atoms. The van der Waals surface area contributed by atoms with Crippen LogP contribution in [0, 0.1) is 6.92 Å². The van der Waals surface area contributed by atoms with Crippen molar-refractivity contribution in [1.82, 2.24) is 9.97 Å². The molecule has 2 heterocycles. The first-order chi connectivity index (χ1) is 12.3. The third kappa shape index (κ3) is 4.26. The zero-order valence-corrected chi connectivity index (χ0v) is 14.5. The van der Waals surface area contributed by atoms with Gasteiger partial charge in [-0.05, 0) is 30.7 Å². The van der Waals surface area contributed by atoms with Crippen molar-refractivity contribution in [2.24, 2.45) is 0 Å². The summed E-state index contributed by atoms with van der Waals surface area (Å²) in [4.78, 5) is 21.0. The summed E-state index contributed by atoms with van der Waals surface area (Å²) in [7, 11) is 0. The molecule has 0 fully saturated rings. The van der Waals surface area contributed by atoms with E-state index in [4.69, 9.17) is 0 Å². The fourth-order valence-corrected chi connectivity index (χ4v) is 2.98. The minimum atomic E-state index is -4.49. The van der Waals surface area contributed by atoms with Crippen LogP contribution >= 0.6 is 11.3 Å². The van der Waals surface area contributed by atoms with Crippen LogP contribution in [0.15, 0.2) is 48.8 Å². The van der Waals surface area contributed by atoms with Crippen LogP contribution < -0.4 is 5.32 Å². The Labute approximate surface area is 151 Å². The van der Waals surface area contributed by atoms with Gasteiger partial charge in [0, 0.05) is 11.8 Å². The number of anilines is 1. The molecule has 8 heteroatoms. The summed E-state index contributed by atoms with van der Waals surface area (Å²) in [5.41, 5.74) is 1.00. The zero-order valence-electron chi connectivity index (χ0n) is 13.7. The van der Waals surface area contributed by atoms with Gasteiger partial charge in [0.2, 0.25) is 5.78 Å². The van der Waals surface area contributed by atoms with E-state index in [-0.39, 0.29) is 10.4 Å². The van der Waals surface area contributed by atoms with Gasteiger partial charge in [-0.3, -0.25) is 9.78 Å². The molecule has 0 amide bonds. The molecule has 0 atom stereocenters. The van der Waals surface area contributed by atoms with Crippen LogP contribution in [0.4, 0.5) is 18.3 Å². The van der Waals surface area contributed by atoms with Gasteiger partial charge in [0.05, 0.1) is 28.9 Å². The lowest BCUT2D eigenvalue weighted by Crippen LogP contribution is -2.07. The number of alkyl halides is 3. The number of ketones is 1. The number of hydrogen-bond donors (Lipinski definition) is 1. The van der Waals surface area contributed by atoms with E-state index in [1.54, 1.807) is 6.20 Å². The molecule has 134 valence electrons. The lowest BCUT2D eigenvalue weighted by atomic mass is 10.1. The Morgan fingerprint density at radius 3 is 2.65 bits per heavy atom. The lowest BCUT2D eigenvalue weighted by Gasteiger charge is -2.07. The monoisotopic (exact) mass is 377 g/mol. The zero-order chi connectivity index (χ0) is 18.7. The largest absolute Gasteiger partial charge is 0.416 e. The molecule has 0 bridgehead atoms. The van der Waals surface area contributed by atoms with E-state index in [0.717, 1.165) is 34.7 Å². The van der Waals surface area contributed by atoms with E-state index in [0.29, 0.717) is 11.7 Å². The average molecular weight is 377 g/mol. The summed E-state index contributed by atoms with van der Waals surface area (Å²) in [5.74, 6) is -0.491. The molecular formula is C18H14F3N3OS. The van der Waals surface area contributed by atoms with Crippen LogP contribution in [-0.2, 0) is 12.7 Å². The first kappa shape index (κ1) is 18.1. The number of nitrogens with zero attached hydrogens (tertiary/aromatic N) is 2. The summed E-state index contributed by atoms with van der Waals surface area (Å²) in [6.45, 7) is 2.38. The van der Waals surface area contributed by atoms with Crippen molar-refractivity contribution in [3.05, 3.63) is 76.1 Å². The van der Waals surface area contributed by atoms with Gasteiger partial charge in [-0.15, -0.1) is 0 Å². The number of thiazole rings is 1. The number of aromatic nitrogens is 2. The van der Waals surface area contributed by atoms with Crippen LogP contribution in [0.25, 0.3) is 0 Å². The van der Waals surface area contributed by atoms with Crippen LogP contribution in [-0.4, -0.2) is 15.8 Å². The van der Waals surface area contributed by atoms with Gasteiger partial charge in [0.15, 0.2) is 5.13 Å². The molecule has 4 nitrogen and oxygen atoms in total. The third-order valence-electron chi connectivity index (χ3n) is 3.57. The number of nitrogens with one attached hydrogen (secondary N) is 1. The molecule has 0 aliphatic heterocycles. The van der Waals surface area contributed by atoms with Gasteiger partial charge < -0.3 is 5.32 Å². The highest BCUT2D eigenvalue weighted by Crippen LogP contribution is 2.30. The standard InChI is InChI=1S/C18H14F3N3OS/c1-11-5-6-14(22-8-11)9-23-17-24-10-15(26-17)16(25)12-3-2-4-13(7-12)18(19,20)21/h2-8,10H,9H2,1H3,(H,23,24). The summed E-state index contributed by atoms with van der Waals surface area (Å²) < 4.78 is 38.4. The van der Waals surface area contributed by atoms with Crippen LogP contribution in [0.3, 0.4) is 0 Å². The molecule has 0 aliphatic rings. The van der Waals surface area contributed by atoms with Crippen molar-refractivity contribution in [2.45, 2.75) is 19.6 Å². The molecule has 1 aromatic carbocycles. The molecule has 2 aromatic heterocycles. The maximum Gasteiger partial charge on any atom is 0.416 e. The van der Waals surface area contributed by atoms with Gasteiger partial charge in [0.25, 0.3) is 0 Å². The fraction of sp³-hybridized carbons (Fsp3) is 0.167. The van der Waals surface area contributed by atoms with E-state index in [9.17, 15) is 18.0 Å². The Kier molecular flexibility index (Phi) is 5.03. The Morgan fingerprint density at radius 2 is 1.96 bits per heavy atom. The van der Waals surface area contributed by atoms with Crippen LogP contribution in [0.5, 0.6) is 0 Å². The van der Waals surface area contributed by atoms with Gasteiger partial charge in [-0.1, -0.05) is 29.5 Å². The van der Waals surface area contributed by atoms with Crippen LogP contribution in [0.1, 0.15) is 32.1 Å². The normalized spacial score (nSPS) is 11.4. The third-order valence-corrected chi connectivity index (χ3v) is 4.53. The minimum Gasteiger partial charge on any atom is -0.356 e. The Balaban J connectivity index is 1.71. The van der Waals surface area contributed by atoms with Gasteiger partial charge in [-0.25, -0.2) is 4.98 Å². The van der Waals surface area contributed by atoms with Crippen molar-refractivity contribution in [3.63, 3.8) is 0 Å². The van der Waals surface area contributed by atoms with Crippen LogP contribution in [0.2, 0.25) is 0 Å². The molecule has 3 rings (SSSR count). The van der Waals surface area contributed by atoms with Crippen molar-refractivity contribution in [1.29, 1.82) is 0 Å². The quantitative estimate of drug-likeness (QED) is 0.655. The number of hydrogen-bond acceptors (Lipinski definition) is 5. The van der Waals surface area contributed by atoms with E-state index >= 15 is 0 Å². The smallest absolute Gasteiger partial charge is 0.356 e. The molecule has 0 saturated heterocycles. The Hall–Kier alpha value is -2.74. The summed E-state index contributed by atoms with van der Waals surface area (Å²) >= 11 is 1.09. The summed E-state index contributed by atoms with van der Waals surface area (Å²) in [5, 5.41) is 3.56. The highest BCUT2D eigenvalue weighted by molar-refractivity contribution is 7.17. The van der Waals surface area contributed by atoms with E-state index < -0.39 is 17.5 Å². The molecule has 0 saturated carbocycles. The molecule has 1 N–H and O–H groups in total. The molecular weight excluding hydrogens is 363 g/mol. The molecule has 0 radical (unpaired) electrons. The van der Waals surface area contributed by atoms with E-state index in [2.05, 4.69) is 15.3 Å². The molecule has 0 unspecified atom stereocenters. The second-order valence-electron chi connectivity index (χ2n) is 5.62. The SMILES string of the molecule is Cc1ccc(CNc2ncc(C(=O)c3cccc(C(F)(F)F)c3)s2)nc1. The second kappa shape index (κ2) is 7.25. The van der Waals surface area contributed by atoms with Crippen molar-refractivity contribution in [3.8, 4) is 0 Å². The average Bonchev–Trinajstić information content (AvgIpc) is 3.09. The number of halogens is 3. The number of benzene rings is 1. The maximum absolute atomic E-state index is 12.8. The Morgan fingerprint density at radius 1 is 1.15 bits per heavy atom. The summed E-state index contributed by atoms with van der Waals surface area (Å²) in [6, 6.07) is 8.19. The molecule has 0 aliphatic carbocycles. The second-order valence-corrected chi connectivity index (χ2v) is 6.65. The first-order valence-corrected chi connectivity index (χ1v) is 8.48. The number of aryl methyl sites for hydroxylation is 1. The Bertz CT molecular complexity index is 920. The number of carbonyl (C=O) groups is 1. The first-order valence-electron chi connectivity index (χ1n) is 7.66. The minimum absolute atomic E-state index is 0.0183. The van der Waals surface area contributed by atoms with E-state index in [1.165, 1.54) is 18.3 Å². The van der Waals surface area contributed by atoms with Gasteiger partial charge >= 0.3 is 6.18 Å². The maximum atomic E-state index is 12.8. The van der Waals surface area contributed by atoms with Crippen molar-refractivity contribution in [2.75, 3.05) is 5.32 Å². The molecule has 3 aromatic rings. The van der Waals surface area contributed by atoms with Gasteiger partial charge in [0.1, 0.15) is 0 Å². The van der Waals surface area contributed by atoms with E-state index in [1.807, 2.05) is 19.1 Å². The van der Waals surface area contributed by atoms with Crippen molar-refractivity contribution < 1.29 is 18.0 Å². The number of pyridine rings is 1. The van der Waals surface area contributed by atoms with Gasteiger partial charge in [-0.2, -0.15) is 13.2 Å². The predicted molar refractivity (Wildman–Crippen MR) is 93.3 cm³/mol. The fourth-order valence-electron chi connectivity index (χ4n) is 2.21. The number of carbonyl (C=O) groups excluding carboxylic acids is 1. The number of rotatable bonds is 5. The lowest BCUT2D eigenvalue weighted by molar-refractivity contribution is -0.137. The highest BCUT2D eigenvalue weighted by atomic mass is 32.1. The predicted octanol–water partition coefficient (Wildman–Crippen LogP) is 4.71. The topological polar surface area (TPSA) is 54.9 Å². The summed E-state index contributed by atoms with van der Waals surface area (Å²) in [6.07, 6.45) is -1.38. The highest BCUT2D eigenvalue weighted by Gasteiger charge is 2.31. The molecule has 26 heavy (non-hydrogen) atoms. The van der Waals surface area contributed by atoms with Crippen molar-refractivity contribution >= 4 is 22.3 Å².